The molecule has 0 saturated heterocycles. The van der Waals surface area contributed by atoms with Gasteiger partial charge in [0.15, 0.2) is 0 Å². The van der Waals surface area contributed by atoms with E-state index in [4.69, 9.17) is 4.74 Å². The maximum absolute atomic E-state index is 12.5. The Balaban J connectivity index is 1.36. The number of aromatic nitrogens is 2. The van der Waals surface area contributed by atoms with E-state index in [1.54, 1.807) is 19.5 Å². The summed E-state index contributed by atoms with van der Waals surface area (Å²) in [5.41, 5.74) is 4.07. The van der Waals surface area contributed by atoms with Crippen LogP contribution in [0, 0.1) is 0 Å². The lowest BCUT2D eigenvalue weighted by molar-refractivity contribution is -0.120. The minimum Gasteiger partial charge on any atom is -0.494 e. The standard InChI is InChI=1S/C25H32N4O2/c1-29(20-6-4-3-5-7-20)13-12-27-25(30)15-19-16-28-23-14-18(8-9-21(19)23)22-10-11-26-17-24(22)31-2/h8-11,14,16-17,20,28H,3-7,12-13,15H2,1-2H3,(H,27,30). The first-order valence-corrected chi connectivity index (χ1v) is 11.2. The van der Waals surface area contributed by atoms with Crippen LogP contribution in [0.15, 0.2) is 42.9 Å². The molecule has 2 aromatic heterocycles. The minimum atomic E-state index is 0.0674. The lowest BCUT2D eigenvalue weighted by Gasteiger charge is -2.31. The summed E-state index contributed by atoms with van der Waals surface area (Å²) < 4.78 is 5.43. The van der Waals surface area contributed by atoms with E-state index in [2.05, 4.69) is 45.4 Å². The quantitative estimate of drug-likeness (QED) is 0.574. The molecular weight excluding hydrogens is 388 g/mol. The summed E-state index contributed by atoms with van der Waals surface area (Å²) in [5, 5.41) is 4.17. The maximum Gasteiger partial charge on any atom is 0.224 e. The van der Waals surface area contributed by atoms with Crippen LogP contribution in [0.5, 0.6) is 5.75 Å². The molecule has 0 radical (unpaired) electrons. The minimum absolute atomic E-state index is 0.0674. The van der Waals surface area contributed by atoms with Crippen LogP contribution >= 0.6 is 0 Å². The molecule has 0 spiro atoms. The highest BCUT2D eigenvalue weighted by Gasteiger charge is 2.18. The van der Waals surface area contributed by atoms with Gasteiger partial charge in [0.05, 0.1) is 19.7 Å². The van der Waals surface area contributed by atoms with Crippen molar-refractivity contribution in [3.63, 3.8) is 0 Å². The van der Waals surface area contributed by atoms with Crippen molar-refractivity contribution in [3.05, 3.63) is 48.4 Å². The molecule has 6 nitrogen and oxygen atoms in total. The molecular formula is C25H32N4O2. The molecule has 1 aromatic carbocycles. The summed E-state index contributed by atoms with van der Waals surface area (Å²) in [6.45, 7) is 1.60. The smallest absolute Gasteiger partial charge is 0.224 e. The maximum atomic E-state index is 12.5. The van der Waals surface area contributed by atoms with Crippen molar-refractivity contribution >= 4 is 16.8 Å². The van der Waals surface area contributed by atoms with Gasteiger partial charge in [0, 0.05) is 48.0 Å². The highest BCUT2D eigenvalue weighted by Crippen LogP contribution is 2.31. The van der Waals surface area contributed by atoms with Crippen LogP contribution in [0.3, 0.4) is 0 Å². The van der Waals surface area contributed by atoms with Crippen molar-refractivity contribution in [3.8, 4) is 16.9 Å². The number of nitrogens with zero attached hydrogens (tertiary/aromatic N) is 2. The second-order valence-corrected chi connectivity index (χ2v) is 8.45. The molecule has 4 rings (SSSR count). The van der Waals surface area contributed by atoms with Gasteiger partial charge in [0.2, 0.25) is 5.91 Å². The predicted molar refractivity (Wildman–Crippen MR) is 124 cm³/mol. The number of benzene rings is 1. The van der Waals surface area contributed by atoms with Crippen LogP contribution in [0.2, 0.25) is 0 Å². The van der Waals surface area contributed by atoms with Gasteiger partial charge in [-0.05, 0) is 43.1 Å². The van der Waals surface area contributed by atoms with E-state index in [1.807, 2.05) is 12.3 Å². The van der Waals surface area contributed by atoms with Gasteiger partial charge in [-0.3, -0.25) is 9.78 Å². The SMILES string of the molecule is COc1cnccc1-c1ccc2c(CC(=O)NCCN(C)C3CCCCC3)c[nH]c2c1. The van der Waals surface area contributed by atoms with E-state index in [0.29, 0.717) is 19.0 Å². The summed E-state index contributed by atoms with van der Waals surface area (Å²) in [4.78, 5) is 22.4. The van der Waals surface area contributed by atoms with Crippen molar-refractivity contribution in [2.75, 3.05) is 27.2 Å². The lowest BCUT2D eigenvalue weighted by Crippen LogP contribution is -2.39. The summed E-state index contributed by atoms with van der Waals surface area (Å²) >= 11 is 0. The van der Waals surface area contributed by atoms with Crippen LogP contribution in [0.4, 0.5) is 0 Å². The number of nitrogens with one attached hydrogen (secondary N) is 2. The average Bonchev–Trinajstić information content (AvgIpc) is 3.21. The van der Waals surface area contributed by atoms with E-state index in [9.17, 15) is 4.79 Å². The zero-order chi connectivity index (χ0) is 21.6. The number of amides is 1. The number of H-pyrrole nitrogens is 1. The van der Waals surface area contributed by atoms with Crippen molar-refractivity contribution in [1.82, 2.24) is 20.2 Å². The number of aromatic amines is 1. The van der Waals surface area contributed by atoms with Gasteiger partial charge < -0.3 is 19.9 Å². The number of carbonyl (C=O) groups excluding carboxylic acids is 1. The zero-order valence-corrected chi connectivity index (χ0v) is 18.5. The third-order valence-electron chi connectivity index (χ3n) is 6.42. The van der Waals surface area contributed by atoms with Crippen molar-refractivity contribution in [2.24, 2.45) is 0 Å². The number of hydrogen-bond acceptors (Lipinski definition) is 4. The van der Waals surface area contributed by atoms with E-state index >= 15 is 0 Å². The van der Waals surface area contributed by atoms with E-state index in [0.717, 1.165) is 39.9 Å². The fourth-order valence-corrected chi connectivity index (χ4v) is 4.59. The molecule has 0 aliphatic heterocycles. The Morgan fingerprint density at radius 2 is 2.10 bits per heavy atom. The number of rotatable bonds is 8. The molecule has 0 atom stereocenters. The lowest BCUT2D eigenvalue weighted by atomic mass is 9.94. The summed E-state index contributed by atoms with van der Waals surface area (Å²) in [7, 11) is 3.83. The first-order valence-electron chi connectivity index (χ1n) is 11.2. The van der Waals surface area contributed by atoms with Gasteiger partial charge in [-0.1, -0.05) is 31.4 Å². The molecule has 3 aromatic rings. The van der Waals surface area contributed by atoms with E-state index < -0.39 is 0 Å². The number of hydrogen-bond donors (Lipinski definition) is 2. The first-order chi connectivity index (χ1) is 15.2. The number of pyridine rings is 1. The molecule has 2 heterocycles. The molecule has 1 saturated carbocycles. The molecule has 1 amide bonds. The Bertz CT molecular complexity index is 1020. The third-order valence-corrected chi connectivity index (χ3v) is 6.42. The fraction of sp³-hybridized carbons (Fsp3) is 0.440. The van der Waals surface area contributed by atoms with Gasteiger partial charge in [-0.25, -0.2) is 0 Å². The Labute approximate surface area is 184 Å². The van der Waals surface area contributed by atoms with Crippen molar-refractivity contribution in [2.45, 2.75) is 44.6 Å². The summed E-state index contributed by atoms with van der Waals surface area (Å²) in [5.74, 6) is 0.809. The number of methoxy groups -OCH3 is 1. The Hall–Kier alpha value is -2.86. The van der Waals surface area contributed by atoms with Crippen LogP contribution in [0.1, 0.15) is 37.7 Å². The monoisotopic (exact) mass is 420 g/mol. The van der Waals surface area contributed by atoms with Gasteiger partial charge in [0.25, 0.3) is 0 Å². The second-order valence-electron chi connectivity index (χ2n) is 8.45. The molecule has 1 aliphatic rings. The normalized spacial score (nSPS) is 14.8. The highest BCUT2D eigenvalue weighted by atomic mass is 16.5. The molecule has 164 valence electrons. The molecule has 2 N–H and O–H groups in total. The predicted octanol–water partition coefficient (Wildman–Crippen LogP) is 4.16. The third kappa shape index (κ3) is 5.07. The zero-order valence-electron chi connectivity index (χ0n) is 18.5. The fourth-order valence-electron chi connectivity index (χ4n) is 4.59. The van der Waals surface area contributed by atoms with Gasteiger partial charge in [0.1, 0.15) is 5.75 Å². The van der Waals surface area contributed by atoms with Crippen LogP contribution in [0.25, 0.3) is 22.0 Å². The van der Waals surface area contributed by atoms with Crippen LogP contribution in [-0.2, 0) is 11.2 Å². The number of carbonyl (C=O) groups is 1. The second kappa shape index (κ2) is 9.96. The molecule has 1 aliphatic carbocycles. The molecule has 31 heavy (non-hydrogen) atoms. The first kappa shape index (κ1) is 21.4. The Morgan fingerprint density at radius 1 is 1.26 bits per heavy atom. The largest absolute Gasteiger partial charge is 0.494 e. The number of likely N-dealkylation sites (N-methyl/N-ethyl adjacent to an activating group) is 1. The van der Waals surface area contributed by atoms with Crippen LogP contribution < -0.4 is 10.1 Å². The van der Waals surface area contributed by atoms with Gasteiger partial charge in [-0.2, -0.15) is 0 Å². The number of fused-ring (bicyclic) bond motifs is 1. The Kier molecular flexibility index (Phi) is 6.87. The molecule has 0 unspecified atom stereocenters. The highest BCUT2D eigenvalue weighted by molar-refractivity contribution is 5.91. The van der Waals surface area contributed by atoms with Crippen LogP contribution in [-0.4, -0.2) is 54.1 Å². The molecule has 0 bridgehead atoms. The van der Waals surface area contributed by atoms with Gasteiger partial charge >= 0.3 is 0 Å². The van der Waals surface area contributed by atoms with E-state index in [-0.39, 0.29) is 5.91 Å². The summed E-state index contributed by atoms with van der Waals surface area (Å²) in [6.07, 6.45) is 12.4. The van der Waals surface area contributed by atoms with Crippen molar-refractivity contribution in [1.29, 1.82) is 0 Å². The summed E-state index contributed by atoms with van der Waals surface area (Å²) in [6, 6.07) is 8.84. The number of ether oxygens (including phenoxy) is 1. The molecule has 1 fully saturated rings. The topological polar surface area (TPSA) is 70.2 Å². The van der Waals surface area contributed by atoms with E-state index in [1.165, 1.54) is 32.1 Å². The van der Waals surface area contributed by atoms with Crippen molar-refractivity contribution < 1.29 is 9.53 Å². The van der Waals surface area contributed by atoms with Gasteiger partial charge in [-0.15, -0.1) is 0 Å². The average molecular weight is 421 g/mol. The molecule has 6 heteroatoms. The Morgan fingerprint density at radius 3 is 2.90 bits per heavy atom.